The Kier molecular flexibility index (Phi) is 3.73. The van der Waals surface area contributed by atoms with Crippen LogP contribution < -0.4 is 0 Å². The second-order valence-corrected chi connectivity index (χ2v) is 8.64. The van der Waals surface area contributed by atoms with Crippen LogP contribution >= 0.6 is 0 Å². The van der Waals surface area contributed by atoms with Gasteiger partial charge < -0.3 is 4.57 Å². The summed E-state index contributed by atoms with van der Waals surface area (Å²) in [5, 5.41) is 7.41. The number of hydrogen-bond acceptors (Lipinski definition) is 2. The van der Waals surface area contributed by atoms with Crippen LogP contribution in [0.2, 0.25) is 0 Å². The molecule has 0 atom stereocenters. The van der Waals surface area contributed by atoms with Crippen molar-refractivity contribution in [1.29, 1.82) is 0 Å². The molecule has 0 amide bonds. The predicted molar refractivity (Wildman–Crippen MR) is 131 cm³/mol. The number of rotatable bonds is 1. The number of aryl methyl sites for hydroxylation is 4. The smallest absolute Gasteiger partial charge is 0.144 e. The van der Waals surface area contributed by atoms with Gasteiger partial charge >= 0.3 is 0 Å². The average molecular weight is 402 g/mol. The van der Waals surface area contributed by atoms with Gasteiger partial charge in [-0.25, -0.2) is 9.97 Å². The Morgan fingerprint density at radius 3 is 2.39 bits per heavy atom. The van der Waals surface area contributed by atoms with Gasteiger partial charge in [0.15, 0.2) is 0 Å². The van der Waals surface area contributed by atoms with E-state index in [1.165, 1.54) is 49.1 Å². The Hall–Kier alpha value is -3.72. The summed E-state index contributed by atoms with van der Waals surface area (Å²) in [5.74, 6) is 0. The number of nitrogens with zero attached hydrogens (tertiary/aromatic N) is 3. The molecule has 0 saturated carbocycles. The molecule has 150 valence electrons. The normalized spacial score (nSPS) is 11.9. The van der Waals surface area contributed by atoms with Crippen LogP contribution in [-0.4, -0.2) is 14.5 Å². The Bertz CT molecular complexity index is 1670. The number of benzene rings is 4. The molecule has 6 aromatic rings. The van der Waals surface area contributed by atoms with Gasteiger partial charge in [-0.3, -0.25) is 0 Å². The van der Waals surface area contributed by atoms with Crippen molar-refractivity contribution in [3.63, 3.8) is 0 Å². The molecule has 0 radical (unpaired) electrons. The zero-order valence-electron chi connectivity index (χ0n) is 18.2. The van der Waals surface area contributed by atoms with Gasteiger partial charge in [0.25, 0.3) is 0 Å². The van der Waals surface area contributed by atoms with Gasteiger partial charge in [0.05, 0.1) is 16.6 Å². The molecule has 0 fully saturated rings. The van der Waals surface area contributed by atoms with Gasteiger partial charge in [-0.05, 0) is 60.2 Å². The fourth-order valence-electron chi connectivity index (χ4n) is 5.33. The minimum atomic E-state index is 0.967. The number of hydrogen-bond donors (Lipinski definition) is 0. The van der Waals surface area contributed by atoms with Crippen LogP contribution in [0.5, 0.6) is 0 Å². The van der Waals surface area contributed by atoms with E-state index >= 15 is 0 Å². The van der Waals surface area contributed by atoms with Gasteiger partial charge in [-0.15, -0.1) is 0 Å². The third kappa shape index (κ3) is 2.53. The van der Waals surface area contributed by atoms with Crippen molar-refractivity contribution in [1.82, 2.24) is 14.5 Å². The lowest BCUT2D eigenvalue weighted by Crippen LogP contribution is -1.93. The summed E-state index contributed by atoms with van der Waals surface area (Å²) in [5.41, 5.74) is 8.20. The molecular formula is C28H23N3. The maximum absolute atomic E-state index is 4.79. The molecule has 0 bridgehead atoms. The number of aromatic nitrogens is 3. The van der Waals surface area contributed by atoms with E-state index in [4.69, 9.17) is 4.98 Å². The van der Waals surface area contributed by atoms with E-state index in [-0.39, 0.29) is 0 Å². The van der Waals surface area contributed by atoms with Gasteiger partial charge in [0.1, 0.15) is 12.0 Å². The van der Waals surface area contributed by atoms with E-state index in [1.54, 1.807) is 6.33 Å². The summed E-state index contributed by atoms with van der Waals surface area (Å²) in [7, 11) is 2.10. The molecule has 0 aliphatic heterocycles. The first-order valence-electron chi connectivity index (χ1n) is 10.7. The van der Waals surface area contributed by atoms with Crippen LogP contribution in [0.1, 0.15) is 16.7 Å². The lowest BCUT2D eigenvalue weighted by atomic mass is 9.94. The van der Waals surface area contributed by atoms with E-state index in [0.29, 0.717) is 0 Å². The minimum absolute atomic E-state index is 0.967. The SMILES string of the molecule is Cc1cc(C)c2c(C)cc(-c3ncnc4c3c3ccc5ccccc5c3n4C)cc2c1. The van der Waals surface area contributed by atoms with Crippen molar-refractivity contribution in [2.24, 2.45) is 7.05 Å². The molecule has 0 aliphatic carbocycles. The molecule has 0 N–H and O–H groups in total. The second kappa shape index (κ2) is 6.39. The quantitative estimate of drug-likeness (QED) is 0.296. The van der Waals surface area contributed by atoms with Crippen LogP contribution in [0.15, 0.2) is 67.0 Å². The maximum atomic E-state index is 4.79. The van der Waals surface area contributed by atoms with Gasteiger partial charge in [0.2, 0.25) is 0 Å². The first kappa shape index (κ1) is 18.1. The molecule has 6 rings (SSSR count). The highest BCUT2D eigenvalue weighted by molar-refractivity contribution is 6.20. The maximum Gasteiger partial charge on any atom is 0.144 e. The molecule has 0 saturated heterocycles. The zero-order chi connectivity index (χ0) is 21.3. The predicted octanol–water partition coefficient (Wildman–Crippen LogP) is 7.02. The molecule has 0 unspecified atom stereocenters. The van der Waals surface area contributed by atoms with Gasteiger partial charge in [0, 0.05) is 23.4 Å². The van der Waals surface area contributed by atoms with Crippen molar-refractivity contribution in [2.75, 3.05) is 0 Å². The first-order chi connectivity index (χ1) is 15.0. The fraction of sp³-hybridized carbons (Fsp3) is 0.143. The molecule has 3 heteroatoms. The third-order valence-electron chi connectivity index (χ3n) is 6.51. The van der Waals surface area contributed by atoms with E-state index in [9.17, 15) is 0 Å². The van der Waals surface area contributed by atoms with Crippen molar-refractivity contribution in [3.8, 4) is 11.3 Å². The average Bonchev–Trinajstić information content (AvgIpc) is 3.05. The van der Waals surface area contributed by atoms with Crippen molar-refractivity contribution < 1.29 is 0 Å². The lowest BCUT2D eigenvalue weighted by molar-refractivity contribution is 0.986. The van der Waals surface area contributed by atoms with Crippen LogP contribution in [-0.2, 0) is 7.05 Å². The topological polar surface area (TPSA) is 30.7 Å². The summed E-state index contributed by atoms with van der Waals surface area (Å²) < 4.78 is 2.21. The summed E-state index contributed by atoms with van der Waals surface area (Å²) in [6, 6.07) is 22.0. The Morgan fingerprint density at radius 1 is 0.710 bits per heavy atom. The molecule has 3 nitrogen and oxygen atoms in total. The summed E-state index contributed by atoms with van der Waals surface area (Å²) in [4.78, 5) is 9.46. The fourth-order valence-corrected chi connectivity index (χ4v) is 5.33. The number of fused-ring (bicyclic) bond motifs is 6. The molecule has 2 aromatic heterocycles. The summed E-state index contributed by atoms with van der Waals surface area (Å²) in [6.07, 6.45) is 1.69. The summed E-state index contributed by atoms with van der Waals surface area (Å²) in [6.45, 7) is 6.55. The van der Waals surface area contributed by atoms with Crippen LogP contribution in [0.3, 0.4) is 0 Å². The molecule has 4 aromatic carbocycles. The van der Waals surface area contributed by atoms with E-state index in [1.807, 2.05) is 0 Å². The van der Waals surface area contributed by atoms with Gasteiger partial charge in [-0.2, -0.15) is 0 Å². The van der Waals surface area contributed by atoms with E-state index in [2.05, 4.69) is 98.0 Å². The van der Waals surface area contributed by atoms with Crippen molar-refractivity contribution >= 4 is 43.5 Å². The van der Waals surface area contributed by atoms with Crippen molar-refractivity contribution in [3.05, 3.63) is 83.7 Å². The molecule has 31 heavy (non-hydrogen) atoms. The van der Waals surface area contributed by atoms with Crippen molar-refractivity contribution in [2.45, 2.75) is 20.8 Å². The highest BCUT2D eigenvalue weighted by atomic mass is 15.0. The molecular weight excluding hydrogens is 378 g/mol. The van der Waals surface area contributed by atoms with Crippen LogP contribution in [0, 0.1) is 20.8 Å². The molecule has 0 spiro atoms. The molecule has 2 heterocycles. The molecule has 0 aliphatic rings. The Labute approximate surface area is 181 Å². The Balaban J connectivity index is 1.75. The van der Waals surface area contributed by atoms with E-state index in [0.717, 1.165) is 22.3 Å². The Morgan fingerprint density at radius 2 is 1.52 bits per heavy atom. The summed E-state index contributed by atoms with van der Waals surface area (Å²) >= 11 is 0. The minimum Gasteiger partial charge on any atom is -0.328 e. The van der Waals surface area contributed by atoms with Crippen LogP contribution in [0.4, 0.5) is 0 Å². The monoisotopic (exact) mass is 401 g/mol. The standard InChI is InChI=1S/C28H23N3/c1-16-11-17(2)24-18(3)13-21(14-20(24)12-16)26-25-23-10-9-19-7-5-6-8-22(19)27(23)31(4)28(25)30-15-29-26/h5-15H,1-4H3. The van der Waals surface area contributed by atoms with Gasteiger partial charge in [-0.1, -0.05) is 54.1 Å². The highest BCUT2D eigenvalue weighted by Crippen LogP contribution is 2.38. The highest BCUT2D eigenvalue weighted by Gasteiger charge is 2.18. The lowest BCUT2D eigenvalue weighted by Gasteiger charge is -2.11. The van der Waals surface area contributed by atoms with Crippen LogP contribution in [0.25, 0.3) is 54.7 Å². The first-order valence-corrected chi connectivity index (χ1v) is 10.7. The second-order valence-electron chi connectivity index (χ2n) is 8.64. The largest absolute Gasteiger partial charge is 0.328 e. The third-order valence-corrected chi connectivity index (χ3v) is 6.51. The van der Waals surface area contributed by atoms with E-state index < -0.39 is 0 Å². The zero-order valence-corrected chi connectivity index (χ0v) is 18.2.